The second-order valence-electron chi connectivity index (χ2n) is 9.98. The largest absolute Gasteiger partial charge is 0.387 e. The molecule has 1 aliphatic heterocycles. The number of aryl methyl sites for hydroxylation is 1. The summed E-state index contributed by atoms with van der Waals surface area (Å²) in [5.74, 6) is 1.01. The number of nitrogens with one attached hydrogen (secondary N) is 3. The minimum Gasteiger partial charge on any atom is -0.387 e. The van der Waals surface area contributed by atoms with E-state index >= 15 is 0 Å². The molecule has 0 saturated carbocycles. The Morgan fingerprint density at radius 2 is 2.05 bits per heavy atom. The van der Waals surface area contributed by atoms with Crippen molar-refractivity contribution in [3.63, 3.8) is 0 Å². The number of benzene rings is 2. The van der Waals surface area contributed by atoms with Crippen molar-refractivity contribution in [3.05, 3.63) is 80.2 Å². The van der Waals surface area contributed by atoms with Crippen LogP contribution in [0.3, 0.4) is 0 Å². The molecular weight excluding hydrogens is 546 g/mol. The van der Waals surface area contributed by atoms with Crippen LogP contribution in [-0.2, 0) is 4.74 Å². The Morgan fingerprint density at radius 3 is 2.82 bits per heavy atom. The number of aromatic amines is 2. The van der Waals surface area contributed by atoms with Crippen molar-refractivity contribution in [2.24, 2.45) is 0 Å². The third-order valence-corrected chi connectivity index (χ3v) is 7.88. The molecule has 0 aliphatic carbocycles. The highest BCUT2D eigenvalue weighted by molar-refractivity contribution is 9.10. The smallest absolute Gasteiger partial charge is 0.261 e. The van der Waals surface area contributed by atoms with E-state index in [9.17, 15) is 9.90 Å². The summed E-state index contributed by atoms with van der Waals surface area (Å²) in [7, 11) is 1.75. The second-order valence-corrected chi connectivity index (χ2v) is 10.9. The lowest BCUT2D eigenvalue weighted by Gasteiger charge is -2.32. The van der Waals surface area contributed by atoms with E-state index in [-0.39, 0.29) is 12.1 Å². The van der Waals surface area contributed by atoms with Crippen LogP contribution in [0.2, 0.25) is 0 Å². The van der Waals surface area contributed by atoms with Crippen molar-refractivity contribution in [1.29, 1.82) is 0 Å². The Balaban J connectivity index is 1.38. The first-order chi connectivity index (χ1) is 18.4. The van der Waals surface area contributed by atoms with E-state index in [1.54, 1.807) is 19.4 Å². The van der Waals surface area contributed by atoms with Gasteiger partial charge in [0, 0.05) is 30.9 Å². The van der Waals surface area contributed by atoms with Gasteiger partial charge in [0.2, 0.25) is 0 Å². The molecule has 38 heavy (non-hydrogen) atoms. The number of anilines is 1. The Morgan fingerprint density at radius 1 is 1.24 bits per heavy atom. The average molecular weight is 581 g/mol. The topological polar surface area (TPSA) is 106 Å². The summed E-state index contributed by atoms with van der Waals surface area (Å²) in [6.07, 6.45) is 3.09. The molecular formula is C29H34BrN5O3. The maximum atomic E-state index is 12.9. The summed E-state index contributed by atoms with van der Waals surface area (Å²) in [4.78, 5) is 26.4. The Bertz CT molecular complexity index is 1460. The number of rotatable bonds is 9. The molecule has 0 amide bonds. The molecule has 2 aromatic heterocycles. The fraction of sp³-hybridized carbons (Fsp3) is 0.379. The number of aromatic nitrogens is 3. The standard InChI is InChI=1S/C29H34BrN5O3/c1-18-14-21(19-7-10-35(11-8-19)12-13-38-2)16-24-27(18)34-28(33-24)26-23(6-9-31-29(26)37)32-17-25(36)20-4-3-5-22(30)15-20/h3-6,9,14-16,19,25,36H,7-8,10-13,17H2,1-2H3,(H,33,34)(H2,31,32,37)/t25-/m1/s1. The Labute approximate surface area is 230 Å². The molecule has 4 aromatic rings. The molecule has 200 valence electrons. The molecule has 1 atom stereocenters. The molecule has 0 spiro atoms. The number of methoxy groups -OCH3 is 1. The first kappa shape index (κ1) is 26.6. The number of H-pyrrole nitrogens is 2. The predicted octanol–water partition coefficient (Wildman–Crippen LogP) is 4.96. The second kappa shape index (κ2) is 11.8. The van der Waals surface area contributed by atoms with Gasteiger partial charge < -0.3 is 30.0 Å². The van der Waals surface area contributed by atoms with Gasteiger partial charge in [-0.25, -0.2) is 4.98 Å². The van der Waals surface area contributed by atoms with Gasteiger partial charge in [0.25, 0.3) is 5.56 Å². The minimum absolute atomic E-state index is 0.243. The van der Waals surface area contributed by atoms with Crippen LogP contribution in [0.4, 0.5) is 5.69 Å². The van der Waals surface area contributed by atoms with Crippen LogP contribution in [0, 0.1) is 6.92 Å². The summed E-state index contributed by atoms with van der Waals surface area (Å²) >= 11 is 3.45. The van der Waals surface area contributed by atoms with Crippen LogP contribution in [0.5, 0.6) is 0 Å². The van der Waals surface area contributed by atoms with E-state index < -0.39 is 6.10 Å². The molecule has 8 nitrogen and oxygen atoms in total. The highest BCUT2D eigenvalue weighted by atomic mass is 79.9. The lowest BCUT2D eigenvalue weighted by Crippen LogP contribution is -2.35. The third kappa shape index (κ3) is 5.86. The molecule has 4 N–H and O–H groups in total. The number of nitrogens with zero attached hydrogens (tertiary/aromatic N) is 2. The number of halogens is 1. The number of piperidine rings is 1. The van der Waals surface area contributed by atoms with E-state index in [0.29, 0.717) is 23.0 Å². The Hall–Kier alpha value is -2.98. The molecule has 9 heteroatoms. The molecule has 1 saturated heterocycles. The molecule has 1 aliphatic rings. The van der Waals surface area contributed by atoms with Crippen LogP contribution in [0.25, 0.3) is 22.4 Å². The van der Waals surface area contributed by atoms with Gasteiger partial charge >= 0.3 is 0 Å². The average Bonchev–Trinajstić information content (AvgIpc) is 3.35. The highest BCUT2D eigenvalue weighted by Crippen LogP contribution is 2.33. The number of fused-ring (bicyclic) bond motifs is 1. The third-order valence-electron chi connectivity index (χ3n) is 7.39. The zero-order valence-electron chi connectivity index (χ0n) is 21.8. The highest BCUT2D eigenvalue weighted by Gasteiger charge is 2.22. The van der Waals surface area contributed by atoms with Crippen LogP contribution < -0.4 is 10.9 Å². The first-order valence-corrected chi connectivity index (χ1v) is 13.8. The van der Waals surface area contributed by atoms with Crippen molar-refractivity contribution >= 4 is 32.7 Å². The molecule has 2 aromatic carbocycles. The molecule has 0 radical (unpaired) electrons. The monoisotopic (exact) mass is 579 g/mol. The van der Waals surface area contributed by atoms with E-state index in [4.69, 9.17) is 9.72 Å². The molecule has 1 fully saturated rings. The van der Waals surface area contributed by atoms with E-state index in [1.165, 1.54) is 5.56 Å². The summed E-state index contributed by atoms with van der Waals surface area (Å²) in [5.41, 5.74) is 5.79. The van der Waals surface area contributed by atoms with Crippen LogP contribution in [0.15, 0.2) is 57.9 Å². The summed E-state index contributed by atoms with van der Waals surface area (Å²) in [6.45, 7) is 6.21. The quantitative estimate of drug-likeness (QED) is 0.223. The van der Waals surface area contributed by atoms with Crippen molar-refractivity contribution in [1.82, 2.24) is 19.9 Å². The van der Waals surface area contributed by atoms with E-state index in [0.717, 1.165) is 65.7 Å². The lowest BCUT2D eigenvalue weighted by molar-refractivity contribution is 0.130. The van der Waals surface area contributed by atoms with Crippen molar-refractivity contribution in [2.75, 3.05) is 45.2 Å². The van der Waals surface area contributed by atoms with Crippen molar-refractivity contribution in [3.8, 4) is 11.4 Å². The number of aliphatic hydroxyl groups is 1. The number of hydrogen-bond donors (Lipinski definition) is 4. The molecule has 0 unspecified atom stereocenters. The maximum Gasteiger partial charge on any atom is 0.261 e. The lowest BCUT2D eigenvalue weighted by atomic mass is 9.88. The predicted molar refractivity (Wildman–Crippen MR) is 155 cm³/mol. The van der Waals surface area contributed by atoms with Crippen molar-refractivity contribution < 1.29 is 9.84 Å². The van der Waals surface area contributed by atoms with Gasteiger partial charge in [0.05, 0.1) is 29.4 Å². The maximum absolute atomic E-state index is 12.9. The fourth-order valence-corrected chi connectivity index (χ4v) is 5.70. The Kier molecular flexibility index (Phi) is 8.28. The van der Waals surface area contributed by atoms with Crippen molar-refractivity contribution in [2.45, 2.75) is 31.8 Å². The fourth-order valence-electron chi connectivity index (χ4n) is 5.28. The van der Waals surface area contributed by atoms with Gasteiger partial charge in [-0.2, -0.15) is 0 Å². The SMILES string of the molecule is COCCN1CCC(c2cc(C)c3nc(-c4c(NC[C@@H](O)c5cccc(Br)c5)cc[nH]c4=O)[nH]c3c2)CC1. The number of imidazole rings is 1. The number of aliphatic hydroxyl groups excluding tert-OH is 1. The van der Waals surface area contributed by atoms with Gasteiger partial charge in [-0.3, -0.25) is 4.79 Å². The van der Waals surface area contributed by atoms with Gasteiger partial charge in [0.15, 0.2) is 0 Å². The number of hydrogen-bond acceptors (Lipinski definition) is 6. The van der Waals surface area contributed by atoms with Gasteiger partial charge in [-0.1, -0.05) is 34.1 Å². The number of pyridine rings is 1. The van der Waals surface area contributed by atoms with Crippen LogP contribution in [0.1, 0.15) is 41.6 Å². The normalized spacial score (nSPS) is 15.7. The number of likely N-dealkylation sites (tertiary alicyclic amines) is 1. The zero-order chi connectivity index (χ0) is 26.6. The van der Waals surface area contributed by atoms with Gasteiger partial charge in [-0.05, 0) is 79.7 Å². The molecule has 5 rings (SSSR count). The van der Waals surface area contributed by atoms with E-state index in [1.807, 2.05) is 24.3 Å². The summed E-state index contributed by atoms with van der Waals surface area (Å²) in [5, 5.41) is 14.0. The van der Waals surface area contributed by atoms with Gasteiger partial charge in [0.1, 0.15) is 11.4 Å². The minimum atomic E-state index is -0.735. The first-order valence-electron chi connectivity index (χ1n) is 13.0. The summed E-state index contributed by atoms with van der Waals surface area (Å²) in [6, 6.07) is 13.8. The van der Waals surface area contributed by atoms with E-state index in [2.05, 4.69) is 55.2 Å². The molecule has 0 bridgehead atoms. The van der Waals surface area contributed by atoms with Crippen LogP contribution >= 0.6 is 15.9 Å². The van der Waals surface area contributed by atoms with Gasteiger partial charge in [-0.15, -0.1) is 0 Å². The zero-order valence-corrected chi connectivity index (χ0v) is 23.3. The molecule has 3 heterocycles. The number of ether oxygens (including phenoxy) is 1. The summed E-state index contributed by atoms with van der Waals surface area (Å²) < 4.78 is 6.13. The van der Waals surface area contributed by atoms with Crippen LogP contribution in [-0.4, -0.2) is 64.9 Å².